The number of thiophene rings is 1. The third kappa shape index (κ3) is 4.57. The molecule has 0 aliphatic heterocycles. The Morgan fingerprint density at radius 1 is 1.10 bits per heavy atom. The smallest absolute Gasteiger partial charge is 0.234 e. The van der Waals surface area contributed by atoms with E-state index in [1.165, 1.54) is 27.8 Å². The lowest BCUT2D eigenvalue weighted by Gasteiger charge is -2.09. The summed E-state index contributed by atoms with van der Waals surface area (Å²) in [6.07, 6.45) is 0. The number of amides is 1. The third-order valence-corrected chi connectivity index (χ3v) is 7.04. The standard InChI is InChI=1S/C24H24N4OS2/c1-15-10-11-16(2)20(12-15)25-21(29)14-31-24-27-26-23(28(24)4)19-13-30-17(3)22(19)18-8-6-5-7-9-18/h5-13H,14H2,1-4H3,(H,25,29). The quantitative estimate of drug-likeness (QED) is 0.375. The molecule has 0 unspecified atom stereocenters. The van der Waals surface area contributed by atoms with Crippen LogP contribution >= 0.6 is 23.1 Å². The number of aryl methyl sites for hydroxylation is 3. The van der Waals surface area contributed by atoms with Gasteiger partial charge in [0.15, 0.2) is 11.0 Å². The number of thioether (sulfide) groups is 1. The lowest BCUT2D eigenvalue weighted by atomic mass is 10.0. The molecular weight excluding hydrogens is 424 g/mol. The minimum absolute atomic E-state index is 0.0559. The van der Waals surface area contributed by atoms with Crippen LogP contribution in [0, 0.1) is 20.8 Å². The highest BCUT2D eigenvalue weighted by Gasteiger charge is 2.19. The Morgan fingerprint density at radius 3 is 2.65 bits per heavy atom. The van der Waals surface area contributed by atoms with Crippen molar-refractivity contribution >= 4 is 34.7 Å². The van der Waals surface area contributed by atoms with E-state index in [2.05, 4.69) is 40.0 Å². The third-order valence-electron chi connectivity index (χ3n) is 5.11. The summed E-state index contributed by atoms with van der Waals surface area (Å²) < 4.78 is 1.96. The minimum Gasteiger partial charge on any atom is -0.325 e. The highest BCUT2D eigenvalue weighted by atomic mass is 32.2. The van der Waals surface area contributed by atoms with Crippen LogP contribution in [0.2, 0.25) is 0 Å². The highest BCUT2D eigenvalue weighted by Crippen LogP contribution is 2.38. The molecule has 0 radical (unpaired) electrons. The van der Waals surface area contributed by atoms with E-state index in [-0.39, 0.29) is 11.7 Å². The molecule has 2 heterocycles. The molecule has 158 valence electrons. The van der Waals surface area contributed by atoms with Crippen molar-refractivity contribution in [2.75, 3.05) is 11.1 Å². The number of hydrogen-bond donors (Lipinski definition) is 1. The summed E-state index contributed by atoms with van der Waals surface area (Å²) >= 11 is 3.10. The number of rotatable bonds is 6. The zero-order valence-corrected chi connectivity index (χ0v) is 19.6. The lowest BCUT2D eigenvalue weighted by molar-refractivity contribution is -0.113. The van der Waals surface area contributed by atoms with E-state index in [1.807, 2.05) is 61.9 Å². The molecular formula is C24H24N4OS2. The normalized spacial score (nSPS) is 11.0. The number of nitrogens with zero attached hydrogens (tertiary/aromatic N) is 3. The SMILES string of the molecule is Cc1ccc(C)c(NC(=O)CSc2nnc(-c3csc(C)c3-c3ccccc3)n2C)c1. The number of aromatic nitrogens is 3. The van der Waals surface area contributed by atoms with E-state index < -0.39 is 0 Å². The van der Waals surface area contributed by atoms with Crippen LogP contribution in [0.5, 0.6) is 0 Å². The Hall–Kier alpha value is -2.90. The molecule has 1 N–H and O–H groups in total. The second-order valence-electron chi connectivity index (χ2n) is 7.47. The van der Waals surface area contributed by atoms with Gasteiger partial charge in [0, 0.05) is 34.1 Å². The van der Waals surface area contributed by atoms with Crippen LogP contribution in [-0.2, 0) is 11.8 Å². The summed E-state index contributed by atoms with van der Waals surface area (Å²) in [6, 6.07) is 16.4. The van der Waals surface area contributed by atoms with E-state index in [9.17, 15) is 4.79 Å². The average molecular weight is 449 g/mol. The molecule has 0 aliphatic carbocycles. The molecule has 4 rings (SSSR count). The van der Waals surface area contributed by atoms with Gasteiger partial charge < -0.3 is 9.88 Å². The van der Waals surface area contributed by atoms with Gasteiger partial charge >= 0.3 is 0 Å². The average Bonchev–Trinajstić information content (AvgIpc) is 3.32. The molecule has 0 bridgehead atoms. The maximum absolute atomic E-state index is 12.5. The van der Waals surface area contributed by atoms with Crippen LogP contribution in [-0.4, -0.2) is 26.4 Å². The molecule has 0 fully saturated rings. The number of nitrogens with one attached hydrogen (secondary N) is 1. The Balaban J connectivity index is 1.51. The van der Waals surface area contributed by atoms with Gasteiger partial charge in [0.1, 0.15) is 0 Å². The van der Waals surface area contributed by atoms with Crippen molar-refractivity contribution in [3.63, 3.8) is 0 Å². The summed E-state index contributed by atoms with van der Waals surface area (Å²) in [6.45, 7) is 6.13. The van der Waals surface area contributed by atoms with Crippen molar-refractivity contribution < 1.29 is 4.79 Å². The molecule has 0 aliphatic rings. The molecule has 1 amide bonds. The molecule has 0 atom stereocenters. The number of benzene rings is 2. The van der Waals surface area contributed by atoms with Crippen molar-refractivity contribution in [1.82, 2.24) is 14.8 Å². The molecule has 31 heavy (non-hydrogen) atoms. The van der Waals surface area contributed by atoms with Gasteiger partial charge in [0.05, 0.1) is 5.75 Å². The van der Waals surface area contributed by atoms with E-state index >= 15 is 0 Å². The maximum atomic E-state index is 12.5. The van der Waals surface area contributed by atoms with Gasteiger partial charge in [-0.05, 0) is 43.5 Å². The first-order valence-corrected chi connectivity index (χ1v) is 11.8. The first kappa shape index (κ1) is 21.3. The van der Waals surface area contributed by atoms with E-state index in [0.717, 1.165) is 28.2 Å². The summed E-state index contributed by atoms with van der Waals surface area (Å²) in [5, 5.41) is 14.6. The fourth-order valence-electron chi connectivity index (χ4n) is 3.44. The topological polar surface area (TPSA) is 59.8 Å². The number of carbonyl (C=O) groups is 1. The van der Waals surface area contributed by atoms with Crippen molar-refractivity contribution in [1.29, 1.82) is 0 Å². The fraction of sp³-hybridized carbons (Fsp3) is 0.208. The van der Waals surface area contributed by atoms with Crippen LogP contribution in [0.1, 0.15) is 16.0 Å². The van der Waals surface area contributed by atoms with Gasteiger partial charge in [-0.15, -0.1) is 21.5 Å². The summed E-state index contributed by atoms with van der Waals surface area (Å²) in [7, 11) is 1.95. The Bertz CT molecular complexity index is 1230. The lowest BCUT2D eigenvalue weighted by Crippen LogP contribution is -2.15. The predicted octanol–water partition coefficient (Wildman–Crippen LogP) is 5.87. The zero-order chi connectivity index (χ0) is 22.0. The molecule has 2 aromatic carbocycles. The highest BCUT2D eigenvalue weighted by molar-refractivity contribution is 7.99. The van der Waals surface area contributed by atoms with Crippen molar-refractivity contribution in [2.45, 2.75) is 25.9 Å². The van der Waals surface area contributed by atoms with Gasteiger partial charge in [-0.25, -0.2) is 0 Å². The molecule has 7 heteroatoms. The van der Waals surface area contributed by atoms with Crippen LogP contribution in [0.25, 0.3) is 22.5 Å². The van der Waals surface area contributed by atoms with Crippen molar-refractivity contribution in [3.05, 3.63) is 69.9 Å². The molecule has 0 spiro atoms. The molecule has 5 nitrogen and oxygen atoms in total. The van der Waals surface area contributed by atoms with E-state index in [1.54, 1.807) is 11.3 Å². The first-order chi connectivity index (χ1) is 14.9. The molecule has 4 aromatic rings. The van der Waals surface area contributed by atoms with Gasteiger partial charge in [0.2, 0.25) is 5.91 Å². The summed E-state index contributed by atoms with van der Waals surface area (Å²) in [5.41, 5.74) is 6.44. The Morgan fingerprint density at radius 2 is 1.87 bits per heavy atom. The van der Waals surface area contributed by atoms with Gasteiger partial charge in [0.25, 0.3) is 0 Å². The second-order valence-corrected chi connectivity index (χ2v) is 9.49. The van der Waals surface area contributed by atoms with Crippen molar-refractivity contribution in [3.8, 4) is 22.5 Å². The van der Waals surface area contributed by atoms with Gasteiger partial charge in [-0.1, -0.05) is 54.2 Å². The van der Waals surface area contributed by atoms with Crippen LogP contribution in [0.15, 0.2) is 59.1 Å². The van der Waals surface area contributed by atoms with Gasteiger partial charge in [-0.2, -0.15) is 0 Å². The fourth-order valence-corrected chi connectivity index (χ4v) is 5.02. The summed E-state index contributed by atoms with van der Waals surface area (Å²) in [4.78, 5) is 13.7. The second kappa shape index (κ2) is 9.08. The number of anilines is 1. The zero-order valence-electron chi connectivity index (χ0n) is 18.0. The van der Waals surface area contributed by atoms with Crippen LogP contribution in [0.4, 0.5) is 5.69 Å². The monoisotopic (exact) mass is 448 g/mol. The Kier molecular flexibility index (Phi) is 6.25. The number of hydrogen-bond acceptors (Lipinski definition) is 5. The predicted molar refractivity (Wildman–Crippen MR) is 130 cm³/mol. The Labute approximate surface area is 190 Å². The van der Waals surface area contributed by atoms with E-state index in [0.29, 0.717) is 5.16 Å². The van der Waals surface area contributed by atoms with E-state index in [4.69, 9.17) is 0 Å². The molecule has 0 saturated carbocycles. The van der Waals surface area contributed by atoms with Crippen LogP contribution in [0.3, 0.4) is 0 Å². The maximum Gasteiger partial charge on any atom is 0.234 e. The van der Waals surface area contributed by atoms with Gasteiger partial charge in [-0.3, -0.25) is 4.79 Å². The molecule has 0 saturated heterocycles. The number of carbonyl (C=O) groups excluding carboxylic acids is 1. The van der Waals surface area contributed by atoms with Crippen molar-refractivity contribution in [2.24, 2.45) is 7.05 Å². The minimum atomic E-state index is -0.0559. The van der Waals surface area contributed by atoms with Crippen LogP contribution < -0.4 is 5.32 Å². The summed E-state index contributed by atoms with van der Waals surface area (Å²) in [5.74, 6) is 1.02. The largest absolute Gasteiger partial charge is 0.325 e. The molecule has 2 aromatic heterocycles. The first-order valence-electron chi connectivity index (χ1n) is 9.97.